The van der Waals surface area contributed by atoms with E-state index in [-0.39, 0.29) is 29.6 Å². The van der Waals surface area contributed by atoms with Crippen LogP contribution in [0.5, 0.6) is 17.4 Å². The van der Waals surface area contributed by atoms with Gasteiger partial charge in [-0.15, -0.1) is 0 Å². The lowest BCUT2D eigenvalue weighted by molar-refractivity contribution is -0.137. The van der Waals surface area contributed by atoms with Crippen molar-refractivity contribution in [3.63, 3.8) is 0 Å². The third kappa shape index (κ3) is 5.69. The average Bonchev–Trinajstić information content (AvgIpc) is 2.85. The van der Waals surface area contributed by atoms with Crippen LogP contribution in [0.2, 0.25) is 5.02 Å². The van der Waals surface area contributed by atoms with Crippen molar-refractivity contribution in [2.24, 2.45) is 0 Å². The van der Waals surface area contributed by atoms with Crippen LogP contribution in [-0.4, -0.2) is 19.5 Å². The molecular weight excluding hydrogens is 502 g/mol. The molecular formula is C24H16ClF4N5O2. The number of hydrogen-bond acceptors (Lipinski definition) is 6. The minimum absolute atomic E-state index is 0.0830. The molecule has 1 N–H and O–H groups in total. The molecule has 0 aliphatic rings. The zero-order valence-electron chi connectivity index (χ0n) is 18.3. The summed E-state index contributed by atoms with van der Waals surface area (Å²) in [5, 5.41) is 7.64. The van der Waals surface area contributed by atoms with Gasteiger partial charge in [0.05, 0.1) is 16.3 Å². The van der Waals surface area contributed by atoms with Gasteiger partial charge in [-0.1, -0.05) is 24.2 Å². The number of benzene rings is 2. The summed E-state index contributed by atoms with van der Waals surface area (Å²) in [6.45, 7) is 3.83. The number of ether oxygens (including phenoxy) is 2. The standard InChI is InChI=1S/C24H16ClF4N5O2/c1-14(16-10-31-13-32-11-16)34-7-6-22(33-23(34)30)35-12-15-2-5-21(20(26)8-15)36-17-3-4-19(25)18(9-17)24(27,28)29/h2-11,13,30H,1,12H2. The van der Waals surface area contributed by atoms with Gasteiger partial charge in [0.25, 0.3) is 0 Å². The molecule has 0 saturated heterocycles. The Labute approximate surface area is 206 Å². The minimum Gasteiger partial charge on any atom is -0.473 e. The fraction of sp³-hybridized carbons (Fsp3) is 0.0833. The summed E-state index contributed by atoms with van der Waals surface area (Å²) in [6.07, 6.45) is 1.34. The normalized spacial score (nSPS) is 11.2. The Hall–Kier alpha value is -4.25. The van der Waals surface area contributed by atoms with E-state index >= 15 is 0 Å². The van der Waals surface area contributed by atoms with Gasteiger partial charge >= 0.3 is 6.18 Å². The molecule has 0 amide bonds. The topological polar surface area (TPSA) is 85.9 Å². The molecule has 2 aromatic carbocycles. The molecule has 4 aromatic rings. The quantitative estimate of drug-likeness (QED) is 0.311. The first-order valence-corrected chi connectivity index (χ1v) is 10.5. The molecule has 0 aliphatic carbocycles. The van der Waals surface area contributed by atoms with E-state index in [9.17, 15) is 17.6 Å². The molecule has 7 nitrogen and oxygen atoms in total. The van der Waals surface area contributed by atoms with Crippen LogP contribution >= 0.6 is 11.6 Å². The number of rotatable bonds is 7. The number of alkyl halides is 3. The lowest BCUT2D eigenvalue weighted by Gasteiger charge is -2.13. The van der Waals surface area contributed by atoms with E-state index in [1.165, 1.54) is 35.2 Å². The van der Waals surface area contributed by atoms with Crippen LogP contribution in [0.1, 0.15) is 16.7 Å². The first kappa shape index (κ1) is 24.9. The second-order valence-electron chi connectivity index (χ2n) is 7.33. The van der Waals surface area contributed by atoms with Crippen molar-refractivity contribution in [3.8, 4) is 17.4 Å². The fourth-order valence-electron chi connectivity index (χ4n) is 3.08. The highest BCUT2D eigenvalue weighted by Crippen LogP contribution is 2.38. The summed E-state index contributed by atoms with van der Waals surface area (Å²) in [5.41, 5.74) is 0.219. The second-order valence-corrected chi connectivity index (χ2v) is 7.74. The maximum atomic E-state index is 14.5. The second kappa shape index (κ2) is 10.2. The Morgan fingerprint density at radius 3 is 2.50 bits per heavy atom. The van der Waals surface area contributed by atoms with Crippen LogP contribution in [0.4, 0.5) is 17.6 Å². The van der Waals surface area contributed by atoms with Crippen LogP contribution < -0.4 is 15.1 Å². The first-order valence-electron chi connectivity index (χ1n) is 10.2. The van der Waals surface area contributed by atoms with E-state index in [0.29, 0.717) is 22.9 Å². The van der Waals surface area contributed by atoms with Crippen LogP contribution in [-0.2, 0) is 12.8 Å². The van der Waals surface area contributed by atoms with Gasteiger partial charge in [0.2, 0.25) is 11.5 Å². The Morgan fingerprint density at radius 1 is 1.08 bits per heavy atom. The molecule has 0 radical (unpaired) electrons. The molecule has 2 aromatic heterocycles. The predicted molar refractivity (Wildman–Crippen MR) is 122 cm³/mol. The molecule has 0 atom stereocenters. The number of halogens is 5. The molecule has 2 heterocycles. The van der Waals surface area contributed by atoms with Crippen LogP contribution in [0.3, 0.4) is 0 Å². The van der Waals surface area contributed by atoms with Gasteiger partial charge in [0.1, 0.15) is 18.7 Å². The van der Waals surface area contributed by atoms with Crippen LogP contribution in [0.15, 0.2) is 74.0 Å². The smallest absolute Gasteiger partial charge is 0.417 e. The highest BCUT2D eigenvalue weighted by molar-refractivity contribution is 6.31. The predicted octanol–water partition coefficient (Wildman–Crippen LogP) is 5.85. The molecule has 0 saturated carbocycles. The number of nitrogens with zero attached hydrogens (tertiary/aromatic N) is 4. The third-order valence-electron chi connectivity index (χ3n) is 4.85. The van der Waals surface area contributed by atoms with Crippen molar-refractivity contribution in [2.45, 2.75) is 12.8 Å². The maximum absolute atomic E-state index is 14.5. The van der Waals surface area contributed by atoms with E-state index in [0.717, 1.165) is 12.1 Å². The molecule has 0 fully saturated rings. The van der Waals surface area contributed by atoms with Gasteiger partial charge in [0.15, 0.2) is 11.6 Å². The van der Waals surface area contributed by atoms with E-state index in [4.69, 9.17) is 26.5 Å². The largest absolute Gasteiger partial charge is 0.473 e. The summed E-state index contributed by atoms with van der Waals surface area (Å²) in [5.74, 6) is -1.18. The summed E-state index contributed by atoms with van der Waals surface area (Å²) in [6, 6.07) is 8.33. The highest BCUT2D eigenvalue weighted by Gasteiger charge is 2.33. The van der Waals surface area contributed by atoms with E-state index in [2.05, 4.69) is 21.5 Å². The molecule has 12 heteroatoms. The summed E-state index contributed by atoms with van der Waals surface area (Å²) in [7, 11) is 0. The number of hydrogen-bond donors (Lipinski definition) is 1. The monoisotopic (exact) mass is 517 g/mol. The fourth-order valence-corrected chi connectivity index (χ4v) is 3.30. The Kier molecular flexibility index (Phi) is 7.02. The van der Waals surface area contributed by atoms with Crippen LogP contribution in [0.25, 0.3) is 5.70 Å². The highest BCUT2D eigenvalue weighted by atomic mass is 35.5. The molecule has 0 bridgehead atoms. The zero-order valence-corrected chi connectivity index (χ0v) is 19.0. The van der Waals surface area contributed by atoms with Gasteiger partial charge in [-0.25, -0.2) is 14.4 Å². The molecule has 4 rings (SSSR count). The van der Waals surface area contributed by atoms with Crippen molar-refractivity contribution >= 4 is 17.3 Å². The molecule has 0 spiro atoms. The van der Waals surface area contributed by atoms with Crippen LogP contribution in [0, 0.1) is 11.2 Å². The van der Waals surface area contributed by atoms with Crippen molar-refractivity contribution in [2.75, 3.05) is 0 Å². The molecule has 0 unspecified atom stereocenters. The maximum Gasteiger partial charge on any atom is 0.417 e. The summed E-state index contributed by atoms with van der Waals surface area (Å²) >= 11 is 5.59. The van der Waals surface area contributed by atoms with Gasteiger partial charge < -0.3 is 9.47 Å². The summed E-state index contributed by atoms with van der Waals surface area (Å²) in [4.78, 5) is 11.9. The molecule has 0 aliphatic heterocycles. The van der Waals surface area contributed by atoms with Gasteiger partial charge in [-0.05, 0) is 35.9 Å². The van der Waals surface area contributed by atoms with E-state index in [1.54, 1.807) is 18.6 Å². The lowest BCUT2D eigenvalue weighted by atomic mass is 10.2. The van der Waals surface area contributed by atoms with Gasteiger partial charge in [-0.2, -0.15) is 18.2 Å². The van der Waals surface area contributed by atoms with E-state index < -0.39 is 22.6 Å². The first-order chi connectivity index (χ1) is 17.1. The minimum atomic E-state index is -4.68. The van der Waals surface area contributed by atoms with E-state index in [1.807, 2.05) is 0 Å². The zero-order chi connectivity index (χ0) is 25.9. The Bertz CT molecular complexity index is 1480. The summed E-state index contributed by atoms with van der Waals surface area (Å²) < 4.78 is 65.9. The lowest BCUT2D eigenvalue weighted by Crippen LogP contribution is -2.22. The van der Waals surface area contributed by atoms with Gasteiger partial charge in [-0.3, -0.25) is 9.98 Å². The van der Waals surface area contributed by atoms with Gasteiger partial charge in [0, 0.05) is 30.2 Å². The molecule has 36 heavy (non-hydrogen) atoms. The number of nitrogens with one attached hydrogen (secondary N) is 1. The Balaban J connectivity index is 1.43. The number of aromatic nitrogens is 4. The molecule has 184 valence electrons. The van der Waals surface area contributed by atoms with Crippen molar-refractivity contribution in [3.05, 3.63) is 107 Å². The van der Waals surface area contributed by atoms with Crippen molar-refractivity contribution in [1.82, 2.24) is 19.5 Å². The average molecular weight is 518 g/mol. The third-order valence-corrected chi connectivity index (χ3v) is 5.18. The van der Waals surface area contributed by atoms with Crippen molar-refractivity contribution in [1.29, 1.82) is 5.41 Å². The SMILES string of the molecule is C=C(c1cncnc1)n1ccc(OCc2ccc(Oc3ccc(Cl)c(C(F)(F)F)c3)c(F)c2)nc1=N. The Morgan fingerprint density at radius 2 is 1.83 bits per heavy atom. The van der Waals surface area contributed by atoms with Crippen molar-refractivity contribution < 1.29 is 27.0 Å².